The van der Waals surface area contributed by atoms with Crippen LogP contribution in [0.1, 0.15) is 17.2 Å². The van der Waals surface area contributed by atoms with Crippen molar-refractivity contribution < 1.29 is 14.6 Å². The Kier molecular flexibility index (Phi) is 6.04. The molecule has 1 saturated heterocycles. The molecule has 3 rings (SSSR count). The first-order valence-corrected chi connectivity index (χ1v) is 8.64. The Labute approximate surface area is 148 Å². The highest BCUT2D eigenvalue weighted by Gasteiger charge is 2.23. The number of carbonyl (C=O) groups excluding carboxylic acids is 1. The number of morpholine rings is 1. The number of phenols is 1. The number of amides is 1. The Morgan fingerprint density at radius 1 is 1.08 bits per heavy atom. The van der Waals surface area contributed by atoms with E-state index in [-0.39, 0.29) is 24.1 Å². The van der Waals surface area contributed by atoms with E-state index in [2.05, 4.69) is 22.3 Å². The van der Waals surface area contributed by atoms with Gasteiger partial charge in [0.05, 0.1) is 25.7 Å². The van der Waals surface area contributed by atoms with Crippen molar-refractivity contribution >= 4 is 5.91 Å². The summed E-state index contributed by atoms with van der Waals surface area (Å²) in [5.74, 6) is 0.0705. The number of hydrogen-bond acceptors (Lipinski definition) is 4. The van der Waals surface area contributed by atoms with Crippen LogP contribution in [0.25, 0.3) is 0 Å². The van der Waals surface area contributed by atoms with Gasteiger partial charge in [-0.25, -0.2) is 0 Å². The van der Waals surface area contributed by atoms with E-state index >= 15 is 0 Å². The van der Waals surface area contributed by atoms with Crippen molar-refractivity contribution in [2.75, 3.05) is 32.8 Å². The van der Waals surface area contributed by atoms with Gasteiger partial charge >= 0.3 is 0 Å². The van der Waals surface area contributed by atoms with Crippen LogP contribution in [0.2, 0.25) is 0 Å². The largest absolute Gasteiger partial charge is 0.508 e. The summed E-state index contributed by atoms with van der Waals surface area (Å²) >= 11 is 0. The number of nitrogens with one attached hydrogen (secondary N) is 1. The second kappa shape index (κ2) is 8.65. The Balaban J connectivity index is 1.64. The highest BCUT2D eigenvalue weighted by atomic mass is 16.5. The zero-order chi connectivity index (χ0) is 17.5. The van der Waals surface area contributed by atoms with Crippen LogP contribution >= 0.6 is 0 Å². The second-order valence-electron chi connectivity index (χ2n) is 6.18. The zero-order valence-corrected chi connectivity index (χ0v) is 14.2. The summed E-state index contributed by atoms with van der Waals surface area (Å²) < 4.78 is 5.45. The van der Waals surface area contributed by atoms with Crippen LogP contribution < -0.4 is 5.32 Å². The molecule has 1 unspecified atom stereocenters. The quantitative estimate of drug-likeness (QED) is 0.846. The molecule has 0 saturated carbocycles. The first kappa shape index (κ1) is 17.5. The SMILES string of the molecule is O=C(Cc1ccccc1O)NCC(c1ccccc1)N1CCOCC1. The van der Waals surface area contributed by atoms with Crippen molar-refractivity contribution in [2.24, 2.45) is 0 Å². The molecule has 1 atom stereocenters. The summed E-state index contributed by atoms with van der Waals surface area (Å²) in [6, 6.07) is 17.3. The van der Waals surface area contributed by atoms with Gasteiger partial charge in [0.2, 0.25) is 5.91 Å². The van der Waals surface area contributed by atoms with Gasteiger partial charge in [-0.2, -0.15) is 0 Å². The molecule has 25 heavy (non-hydrogen) atoms. The smallest absolute Gasteiger partial charge is 0.224 e. The molecule has 5 heteroatoms. The lowest BCUT2D eigenvalue weighted by atomic mass is 10.0. The summed E-state index contributed by atoms with van der Waals surface area (Å²) in [5.41, 5.74) is 1.83. The fourth-order valence-electron chi connectivity index (χ4n) is 3.13. The Hall–Kier alpha value is -2.37. The predicted octanol–water partition coefficient (Wildman–Crippen LogP) is 2.12. The van der Waals surface area contributed by atoms with Gasteiger partial charge in [-0.05, 0) is 11.6 Å². The van der Waals surface area contributed by atoms with Gasteiger partial charge in [-0.1, -0.05) is 48.5 Å². The van der Waals surface area contributed by atoms with Crippen LogP contribution in [0.4, 0.5) is 0 Å². The number of aromatic hydroxyl groups is 1. The molecule has 2 N–H and O–H groups in total. The number of para-hydroxylation sites is 1. The van der Waals surface area contributed by atoms with Gasteiger partial charge in [-0.15, -0.1) is 0 Å². The Morgan fingerprint density at radius 3 is 2.48 bits per heavy atom. The van der Waals surface area contributed by atoms with Gasteiger partial charge in [0.25, 0.3) is 0 Å². The van der Waals surface area contributed by atoms with E-state index in [0.29, 0.717) is 12.1 Å². The second-order valence-corrected chi connectivity index (χ2v) is 6.18. The molecule has 1 aliphatic heterocycles. The van der Waals surface area contributed by atoms with Crippen molar-refractivity contribution in [3.05, 3.63) is 65.7 Å². The van der Waals surface area contributed by atoms with E-state index in [0.717, 1.165) is 26.3 Å². The lowest BCUT2D eigenvalue weighted by Gasteiger charge is -2.35. The van der Waals surface area contributed by atoms with Gasteiger partial charge < -0.3 is 15.2 Å². The number of carbonyl (C=O) groups is 1. The van der Waals surface area contributed by atoms with Crippen LogP contribution in [0.15, 0.2) is 54.6 Å². The van der Waals surface area contributed by atoms with E-state index < -0.39 is 0 Å². The molecule has 5 nitrogen and oxygen atoms in total. The number of ether oxygens (including phenoxy) is 1. The lowest BCUT2D eigenvalue weighted by Crippen LogP contribution is -2.44. The first-order valence-electron chi connectivity index (χ1n) is 8.64. The molecule has 1 aliphatic rings. The van der Waals surface area contributed by atoms with E-state index in [4.69, 9.17) is 4.74 Å². The maximum absolute atomic E-state index is 12.3. The highest BCUT2D eigenvalue weighted by Crippen LogP contribution is 2.21. The van der Waals surface area contributed by atoms with Gasteiger partial charge in [0, 0.05) is 25.2 Å². The predicted molar refractivity (Wildman–Crippen MR) is 96.4 cm³/mol. The van der Waals surface area contributed by atoms with Crippen molar-refractivity contribution in [3.8, 4) is 5.75 Å². The van der Waals surface area contributed by atoms with Gasteiger partial charge in [-0.3, -0.25) is 9.69 Å². The molecule has 0 bridgehead atoms. The molecule has 2 aromatic rings. The highest BCUT2D eigenvalue weighted by molar-refractivity contribution is 5.79. The molecule has 1 heterocycles. The van der Waals surface area contributed by atoms with Gasteiger partial charge in [0.15, 0.2) is 0 Å². The number of phenolic OH excluding ortho intramolecular Hbond substituents is 1. The number of nitrogens with zero attached hydrogens (tertiary/aromatic N) is 1. The lowest BCUT2D eigenvalue weighted by molar-refractivity contribution is -0.120. The van der Waals surface area contributed by atoms with Gasteiger partial charge in [0.1, 0.15) is 5.75 Å². The van der Waals surface area contributed by atoms with Crippen LogP contribution in [0.3, 0.4) is 0 Å². The Morgan fingerprint density at radius 2 is 1.76 bits per heavy atom. The molecule has 1 fully saturated rings. The normalized spacial score (nSPS) is 16.3. The van der Waals surface area contributed by atoms with E-state index in [1.165, 1.54) is 5.56 Å². The maximum atomic E-state index is 12.3. The van der Waals surface area contributed by atoms with Crippen molar-refractivity contribution in [2.45, 2.75) is 12.5 Å². The van der Waals surface area contributed by atoms with E-state index in [1.807, 2.05) is 24.3 Å². The number of benzene rings is 2. The summed E-state index contributed by atoms with van der Waals surface area (Å²) in [6.07, 6.45) is 0.178. The maximum Gasteiger partial charge on any atom is 0.224 e. The van der Waals surface area contributed by atoms with E-state index in [9.17, 15) is 9.90 Å². The third kappa shape index (κ3) is 4.81. The molecule has 132 valence electrons. The minimum atomic E-state index is -0.0873. The minimum absolute atomic E-state index is 0.0873. The number of hydrogen-bond donors (Lipinski definition) is 2. The molecule has 1 amide bonds. The zero-order valence-electron chi connectivity index (χ0n) is 14.2. The summed E-state index contributed by atoms with van der Waals surface area (Å²) in [7, 11) is 0. The van der Waals surface area contributed by atoms with Crippen LogP contribution in [0.5, 0.6) is 5.75 Å². The fourth-order valence-corrected chi connectivity index (χ4v) is 3.13. The number of rotatable bonds is 6. The molecular formula is C20H24N2O3. The molecule has 2 aromatic carbocycles. The summed E-state index contributed by atoms with van der Waals surface area (Å²) in [6.45, 7) is 3.69. The first-order chi connectivity index (χ1) is 12.2. The fraction of sp³-hybridized carbons (Fsp3) is 0.350. The topological polar surface area (TPSA) is 61.8 Å². The molecule has 0 aliphatic carbocycles. The third-order valence-electron chi connectivity index (χ3n) is 4.51. The van der Waals surface area contributed by atoms with Crippen LogP contribution in [-0.4, -0.2) is 48.8 Å². The Bertz CT molecular complexity index is 684. The van der Waals surface area contributed by atoms with Crippen molar-refractivity contribution in [1.82, 2.24) is 10.2 Å². The molecule has 0 radical (unpaired) electrons. The summed E-state index contributed by atoms with van der Waals surface area (Å²) in [4.78, 5) is 14.7. The summed E-state index contributed by atoms with van der Waals surface area (Å²) in [5, 5.41) is 12.8. The third-order valence-corrected chi connectivity index (χ3v) is 4.51. The van der Waals surface area contributed by atoms with Crippen LogP contribution in [0, 0.1) is 0 Å². The average molecular weight is 340 g/mol. The van der Waals surface area contributed by atoms with Crippen LogP contribution in [-0.2, 0) is 16.0 Å². The monoisotopic (exact) mass is 340 g/mol. The van der Waals surface area contributed by atoms with Crippen molar-refractivity contribution in [3.63, 3.8) is 0 Å². The standard InChI is InChI=1S/C20H24N2O3/c23-19-9-5-4-8-17(19)14-20(24)21-15-18(16-6-2-1-3-7-16)22-10-12-25-13-11-22/h1-9,18,23H,10-15H2,(H,21,24). The molecular weight excluding hydrogens is 316 g/mol. The average Bonchev–Trinajstić information content (AvgIpc) is 2.66. The molecule has 0 spiro atoms. The minimum Gasteiger partial charge on any atom is -0.508 e. The van der Waals surface area contributed by atoms with Crippen molar-refractivity contribution in [1.29, 1.82) is 0 Å². The van der Waals surface area contributed by atoms with E-state index in [1.54, 1.807) is 18.2 Å². The molecule has 0 aromatic heterocycles.